The first-order chi connectivity index (χ1) is 12.7. The fourth-order valence-corrected chi connectivity index (χ4v) is 4.40. The highest BCUT2D eigenvalue weighted by Gasteiger charge is 2.29. The molecule has 1 unspecified atom stereocenters. The normalized spacial score (nSPS) is 18.2. The minimum Gasteiger partial charge on any atom is -0.496 e. The van der Waals surface area contributed by atoms with Crippen molar-refractivity contribution in [3.05, 3.63) is 47.1 Å². The number of rotatable bonds is 5. The number of hydrogen-bond donors (Lipinski definition) is 0. The molecule has 6 nitrogen and oxygen atoms in total. The second-order valence-corrected chi connectivity index (χ2v) is 7.61. The van der Waals surface area contributed by atoms with E-state index in [1.807, 2.05) is 37.4 Å². The lowest BCUT2D eigenvalue weighted by atomic mass is 10.0. The van der Waals surface area contributed by atoms with E-state index < -0.39 is 0 Å². The monoisotopic (exact) mass is 370 g/mol. The first kappa shape index (κ1) is 17.2. The third-order valence-electron chi connectivity index (χ3n) is 4.69. The van der Waals surface area contributed by atoms with Gasteiger partial charge in [-0.25, -0.2) is 4.98 Å². The van der Waals surface area contributed by atoms with Gasteiger partial charge in [-0.3, -0.25) is 4.90 Å². The van der Waals surface area contributed by atoms with Crippen LogP contribution in [0.2, 0.25) is 0 Å². The lowest BCUT2D eigenvalue weighted by Crippen LogP contribution is -2.32. The van der Waals surface area contributed by atoms with Gasteiger partial charge in [-0.15, -0.1) is 11.3 Å². The van der Waals surface area contributed by atoms with Crippen molar-refractivity contribution in [2.24, 2.45) is 0 Å². The van der Waals surface area contributed by atoms with Gasteiger partial charge in [0.15, 0.2) is 5.82 Å². The molecule has 1 aliphatic heterocycles. The van der Waals surface area contributed by atoms with Gasteiger partial charge >= 0.3 is 0 Å². The number of methoxy groups -OCH3 is 1. The Labute approximate surface area is 156 Å². The number of aryl methyl sites for hydroxylation is 1. The zero-order chi connectivity index (χ0) is 17.9. The molecule has 0 radical (unpaired) electrons. The zero-order valence-corrected chi connectivity index (χ0v) is 15.8. The number of hydrogen-bond acceptors (Lipinski definition) is 7. The highest BCUT2D eigenvalue weighted by molar-refractivity contribution is 7.15. The van der Waals surface area contributed by atoms with Crippen LogP contribution in [0.3, 0.4) is 0 Å². The van der Waals surface area contributed by atoms with Crippen LogP contribution in [0.25, 0.3) is 10.6 Å². The van der Waals surface area contributed by atoms with E-state index in [4.69, 9.17) is 9.26 Å². The summed E-state index contributed by atoms with van der Waals surface area (Å²) < 4.78 is 10.9. The van der Waals surface area contributed by atoms with E-state index in [9.17, 15) is 0 Å². The molecule has 1 aromatic carbocycles. The minimum absolute atomic E-state index is 0.196. The van der Waals surface area contributed by atoms with Gasteiger partial charge in [0.1, 0.15) is 10.8 Å². The van der Waals surface area contributed by atoms with Crippen molar-refractivity contribution < 1.29 is 9.26 Å². The maximum atomic E-state index is 5.46. The third kappa shape index (κ3) is 3.50. The number of para-hydroxylation sites is 1. The lowest BCUT2D eigenvalue weighted by molar-refractivity contribution is 0.112. The predicted octanol–water partition coefficient (Wildman–Crippen LogP) is 4.24. The largest absolute Gasteiger partial charge is 0.496 e. The van der Waals surface area contributed by atoms with Crippen molar-refractivity contribution in [3.8, 4) is 16.3 Å². The minimum atomic E-state index is 0.196. The molecule has 26 heavy (non-hydrogen) atoms. The molecule has 0 bridgehead atoms. The maximum Gasteiger partial charge on any atom is 0.243 e. The molecule has 7 heteroatoms. The summed E-state index contributed by atoms with van der Waals surface area (Å²) in [6, 6.07) is 8.20. The summed E-state index contributed by atoms with van der Waals surface area (Å²) in [7, 11) is 1.69. The van der Waals surface area contributed by atoms with E-state index in [1.165, 1.54) is 17.7 Å². The Morgan fingerprint density at radius 1 is 1.31 bits per heavy atom. The SMILES string of the molecule is COc1ccccc1-c1ncc(CN2CCCCC2c2nc(C)no2)s1. The number of ether oxygens (including phenoxy) is 1. The van der Waals surface area contributed by atoms with Crippen molar-refractivity contribution >= 4 is 11.3 Å². The second-order valence-electron chi connectivity index (χ2n) is 6.49. The van der Waals surface area contributed by atoms with Crippen LogP contribution in [0, 0.1) is 6.92 Å². The summed E-state index contributed by atoms with van der Waals surface area (Å²) in [5, 5.41) is 4.95. The Bertz CT molecular complexity index is 876. The van der Waals surface area contributed by atoms with Crippen LogP contribution >= 0.6 is 11.3 Å². The van der Waals surface area contributed by atoms with Gasteiger partial charge in [0.2, 0.25) is 5.89 Å². The van der Waals surface area contributed by atoms with E-state index in [0.29, 0.717) is 5.82 Å². The molecule has 1 fully saturated rings. The number of benzene rings is 1. The van der Waals surface area contributed by atoms with Crippen LogP contribution in [0.5, 0.6) is 5.75 Å². The van der Waals surface area contributed by atoms with E-state index in [-0.39, 0.29) is 6.04 Å². The molecule has 1 saturated heterocycles. The molecule has 0 amide bonds. The molecule has 136 valence electrons. The molecular formula is C19H22N4O2S. The average Bonchev–Trinajstić information content (AvgIpc) is 3.31. The van der Waals surface area contributed by atoms with Crippen molar-refractivity contribution in [2.45, 2.75) is 38.8 Å². The van der Waals surface area contributed by atoms with Gasteiger partial charge in [0, 0.05) is 17.6 Å². The summed E-state index contributed by atoms with van der Waals surface area (Å²) in [5.41, 5.74) is 1.04. The molecule has 2 aromatic heterocycles. The van der Waals surface area contributed by atoms with E-state index in [0.717, 1.165) is 41.7 Å². The fourth-order valence-electron chi connectivity index (χ4n) is 3.43. The molecule has 3 aromatic rings. The fraction of sp³-hybridized carbons (Fsp3) is 0.421. The zero-order valence-electron chi connectivity index (χ0n) is 15.0. The second kappa shape index (κ2) is 7.55. The van der Waals surface area contributed by atoms with Gasteiger partial charge in [-0.2, -0.15) is 4.98 Å². The van der Waals surface area contributed by atoms with E-state index in [2.05, 4.69) is 20.0 Å². The summed E-state index contributed by atoms with van der Waals surface area (Å²) in [6.07, 6.45) is 5.41. The lowest BCUT2D eigenvalue weighted by Gasteiger charge is -2.32. The predicted molar refractivity (Wildman–Crippen MR) is 100 cm³/mol. The van der Waals surface area contributed by atoms with Gasteiger partial charge in [-0.1, -0.05) is 23.7 Å². The van der Waals surface area contributed by atoms with Gasteiger partial charge in [0.05, 0.1) is 18.7 Å². The first-order valence-electron chi connectivity index (χ1n) is 8.87. The van der Waals surface area contributed by atoms with Crippen LogP contribution in [-0.2, 0) is 6.54 Å². The summed E-state index contributed by atoms with van der Waals surface area (Å²) >= 11 is 1.71. The average molecular weight is 370 g/mol. The Morgan fingerprint density at radius 2 is 2.19 bits per heavy atom. The summed E-state index contributed by atoms with van der Waals surface area (Å²) in [5.74, 6) is 2.28. The van der Waals surface area contributed by atoms with Crippen molar-refractivity contribution in [2.75, 3.05) is 13.7 Å². The highest BCUT2D eigenvalue weighted by atomic mass is 32.1. The number of thiazole rings is 1. The Balaban J connectivity index is 1.54. The Morgan fingerprint density at radius 3 is 3.00 bits per heavy atom. The van der Waals surface area contributed by atoms with Crippen LogP contribution < -0.4 is 4.74 Å². The smallest absolute Gasteiger partial charge is 0.243 e. The molecule has 0 spiro atoms. The van der Waals surface area contributed by atoms with Crippen LogP contribution in [0.4, 0.5) is 0 Å². The van der Waals surface area contributed by atoms with Crippen molar-refractivity contribution in [1.29, 1.82) is 0 Å². The molecule has 0 saturated carbocycles. The van der Waals surface area contributed by atoms with Gasteiger partial charge < -0.3 is 9.26 Å². The highest BCUT2D eigenvalue weighted by Crippen LogP contribution is 2.35. The van der Waals surface area contributed by atoms with Crippen molar-refractivity contribution in [1.82, 2.24) is 20.0 Å². The molecule has 1 aliphatic rings. The van der Waals surface area contributed by atoms with E-state index in [1.54, 1.807) is 18.4 Å². The number of likely N-dealkylation sites (tertiary alicyclic amines) is 1. The Hall–Kier alpha value is -2.25. The molecule has 1 atom stereocenters. The van der Waals surface area contributed by atoms with Crippen LogP contribution in [-0.4, -0.2) is 33.7 Å². The number of aromatic nitrogens is 3. The molecular weight excluding hydrogens is 348 g/mol. The molecule has 4 rings (SSSR count). The maximum absolute atomic E-state index is 5.46. The van der Waals surface area contributed by atoms with E-state index >= 15 is 0 Å². The first-order valence-corrected chi connectivity index (χ1v) is 9.68. The Kier molecular flexibility index (Phi) is 4.99. The molecule has 0 N–H and O–H groups in total. The quantitative estimate of drug-likeness (QED) is 0.669. The van der Waals surface area contributed by atoms with Gasteiger partial charge in [0.25, 0.3) is 0 Å². The van der Waals surface area contributed by atoms with Crippen molar-refractivity contribution in [3.63, 3.8) is 0 Å². The number of piperidine rings is 1. The summed E-state index contributed by atoms with van der Waals surface area (Å²) in [6.45, 7) is 3.75. The van der Waals surface area contributed by atoms with Crippen LogP contribution in [0.1, 0.15) is 41.9 Å². The topological polar surface area (TPSA) is 64.3 Å². The van der Waals surface area contributed by atoms with Crippen LogP contribution in [0.15, 0.2) is 35.0 Å². The third-order valence-corrected chi connectivity index (χ3v) is 5.71. The molecule has 0 aliphatic carbocycles. The number of nitrogens with zero attached hydrogens (tertiary/aromatic N) is 4. The standard InChI is InChI=1S/C19H22N4O2S/c1-13-21-18(25-22-13)16-8-5-6-10-23(16)12-14-11-20-19(26-14)15-7-3-4-9-17(15)24-2/h3-4,7,9,11,16H,5-6,8,10,12H2,1-2H3. The summed E-state index contributed by atoms with van der Waals surface area (Å²) in [4.78, 5) is 12.7. The molecule has 3 heterocycles. The van der Waals surface area contributed by atoms with Gasteiger partial charge in [-0.05, 0) is 38.4 Å².